The summed E-state index contributed by atoms with van der Waals surface area (Å²) in [7, 11) is 2.74. The number of ether oxygens (including phenoxy) is 2. The molecule has 0 aliphatic rings. The summed E-state index contributed by atoms with van der Waals surface area (Å²) in [5.41, 5.74) is 4.94. The number of methoxy groups -OCH3 is 2. The van der Waals surface area contributed by atoms with E-state index < -0.39 is 10.8 Å². The Hall–Kier alpha value is -2.06. The number of halogens is 1. The van der Waals surface area contributed by atoms with E-state index in [4.69, 9.17) is 15.2 Å². The summed E-state index contributed by atoms with van der Waals surface area (Å²) in [5, 5.41) is 13.6. The van der Waals surface area contributed by atoms with Crippen molar-refractivity contribution < 1.29 is 19.2 Å². The number of nitro benzene ring substituents is 1. The molecule has 9 heteroatoms. The fourth-order valence-corrected chi connectivity index (χ4v) is 1.56. The van der Waals surface area contributed by atoms with Gasteiger partial charge in [-0.25, -0.2) is 0 Å². The van der Waals surface area contributed by atoms with Crippen LogP contribution in [0.25, 0.3) is 0 Å². The molecule has 0 saturated carbocycles. The van der Waals surface area contributed by atoms with E-state index in [9.17, 15) is 14.9 Å². The molecule has 0 aliphatic heterocycles. The highest BCUT2D eigenvalue weighted by atomic mass is 35.5. The van der Waals surface area contributed by atoms with Gasteiger partial charge in [-0.15, -0.1) is 12.4 Å². The summed E-state index contributed by atoms with van der Waals surface area (Å²) in [6.45, 7) is 1.93. The number of nitro groups is 1. The SMILES string of the molecule is COc1cc(C(=O)N[C@@H](C)CN)c([N+](=O)[O-])cc1OC.Cl. The minimum Gasteiger partial charge on any atom is -0.493 e. The van der Waals surface area contributed by atoms with Crippen molar-refractivity contribution in [3.63, 3.8) is 0 Å². The Morgan fingerprint density at radius 2 is 1.90 bits per heavy atom. The van der Waals surface area contributed by atoms with Gasteiger partial charge < -0.3 is 20.5 Å². The van der Waals surface area contributed by atoms with Crippen molar-refractivity contribution in [1.29, 1.82) is 0 Å². The maximum Gasteiger partial charge on any atom is 0.286 e. The molecule has 0 saturated heterocycles. The zero-order valence-electron chi connectivity index (χ0n) is 11.9. The van der Waals surface area contributed by atoms with Crippen LogP contribution in [0.15, 0.2) is 12.1 Å². The van der Waals surface area contributed by atoms with Crippen LogP contribution in [0.2, 0.25) is 0 Å². The van der Waals surface area contributed by atoms with Crippen LogP contribution < -0.4 is 20.5 Å². The maximum absolute atomic E-state index is 12.0. The van der Waals surface area contributed by atoms with Crippen molar-refractivity contribution in [3.8, 4) is 11.5 Å². The molecule has 0 aromatic heterocycles. The number of amides is 1. The van der Waals surface area contributed by atoms with Gasteiger partial charge in [0, 0.05) is 18.7 Å². The molecule has 0 heterocycles. The van der Waals surface area contributed by atoms with Gasteiger partial charge in [0.25, 0.3) is 11.6 Å². The van der Waals surface area contributed by atoms with E-state index in [1.165, 1.54) is 20.3 Å². The van der Waals surface area contributed by atoms with Crippen molar-refractivity contribution in [2.75, 3.05) is 20.8 Å². The summed E-state index contributed by atoms with van der Waals surface area (Å²) >= 11 is 0. The molecule has 8 nitrogen and oxygen atoms in total. The molecule has 0 spiro atoms. The highest BCUT2D eigenvalue weighted by Gasteiger charge is 2.25. The van der Waals surface area contributed by atoms with Crippen molar-refractivity contribution >= 4 is 24.0 Å². The third kappa shape index (κ3) is 4.47. The summed E-state index contributed by atoms with van der Waals surface area (Å²) in [6, 6.07) is 2.13. The fraction of sp³-hybridized carbons (Fsp3) is 0.417. The van der Waals surface area contributed by atoms with Crippen LogP contribution >= 0.6 is 12.4 Å². The van der Waals surface area contributed by atoms with E-state index >= 15 is 0 Å². The minimum absolute atomic E-state index is 0. The Bertz CT molecular complexity index is 524. The fourth-order valence-electron chi connectivity index (χ4n) is 1.56. The molecule has 1 amide bonds. The van der Waals surface area contributed by atoms with Crippen molar-refractivity contribution in [1.82, 2.24) is 5.32 Å². The molecule has 0 aliphatic carbocycles. The van der Waals surface area contributed by atoms with Crippen molar-refractivity contribution in [2.45, 2.75) is 13.0 Å². The minimum atomic E-state index is -0.649. The van der Waals surface area contributed by atoms with E-state index in [2.05, 4.69) is 5.32 Å². The summed E-state index contributed by atoms with van der Waals surface area (Å²) < 4.78 is 10.0. The first kappa shape index (κ1) is 18.9. The van der Waals surface area contributed by atoms with Crippen LogP contribution in [0.5, 0.6) is 11.5 Å². The lowest BCUT2D eigenvalue weighted by molar-refractivity contribution is -0.385. The Balaban J connectivity index is 0.00000400. The zero-order chi connectivity index (χ0) is 15.3. The van der Waals surface area contributed by atoms with Gasteiger partial charge in [0.1, 0.15) is 5.56 Å². The Morgan fingerprint density at radius 3 is 2.33 bits per heavy atom. The molecule has 118 valence electrons. The van der Waals surface area contributed by atoms with Gasteiger partial charge in [0.05, 0.1) is 25.2 Å². The van der Waals surface area contributed by atoms with Gasteiger partial charge >= 0.3 is 0 Å². The Morgan fingerprint density at radius 1 is 1.38 bits per heavy atom. The summed E-state index contributed by atoms with van der Waals surface area (Å²) in [6.07, 6.45) is 0. The van der Waals surface area contributed by atoms with Crippen LogP contribution in [0, 0.1) is 10.1 Å². The van der Waals surface area contributed by atoms with Gasteiger partial charge in [-0.3, -0.25) is 14.9 Å². The molecular weight excluding hydrogens is 302 g/mol. The van der Waals surface area contributed by atoms with Gasteiger partial charge in [0.2, 0.25) is 0 Å². The second-order valence-electron chi connectivity index (χ2n) is 4.09. The molecule has 0 fully saturated rings. The van der Waals surface area contributed by atoms with Gasteiger partial charge in [0.15, 0.2) is 11.5 Å². The Labute approximate surface area is 128 Å². The second kappa shape index (κ2) is 8.28. The molecule has 1 aromatic carbocycles. The number of nitrogens with one attached hydrogen (secondary N) is 1. The highest BCUT2D eigenvalue weighted by molar-refractivity contribution is 5.99. The third-order valence-corrected chi connectivity index (χ3v) is 2.67. The van der Waals surface area contributed by atoms with Gasteiger partial charge in [-0.2, -0.15) is 0 Å². The highest BCUT2D eigenvalue weighted by Crippen LogP contribution is 2.34. The molecule has 1 rings (SSSR count). The number of carbonyl (C=O) groups is 1. The molecule has 1 aromatic rings. The average Bonchev–Trinajstić information content (AvgIpc) is 2.45. The predicted molar refractivity (Wildman–Crippen MR) is 79.4 cm³/mol. The summed E-state index contributed by atoms with van der Waals surface area (Å²) in [5.74, 6) is -0.165. The maximum atomic E-state index is 12.0. The van der Waals surface area contributed by atoms with Crippen molar-refractivity contribution in [3.05, 3.63) is 27.8 Å². The van der Waals surface area contributed by atoms with Crippen molar-refractivity contribution in [2.24, 2.45) is 5.73 Å². The average molecular weight is 320 g/mol. The van der Waals surface area contributed by atoms with Crippen LogP contribution in [-0.2, 0) is 0 Å². The van der Waals surface area contributed by atoms with E-state index in [1.807, 2.05) is 0 Å². The van der Waals surface area contributed by atoms with Gasteiger partial charge in [-0.05, 0) is 6.92 Å². The first-order valence-electron chi connectivity index (χ1n) is 5.85. The molecule has 1 atom stereocenters. The van der Waals surface area contributed by atoms with Crippen LogP contribution in [0.1, 0.15) is 17.3 Å². The monoisotopic (exact) mass is 319 g/mol. The molecule has 3 N–H and O–H groups in total. The van der Waals surface area contributed by atoms with Crippen LogP contribution in [0.4, 0.5) is 5.69 Å². The third-order valence-electron chi connectivity index (χ3n) is 2.67. The number of hydrogen-bond donors (Lipinski definition) is 2. The largest absolute Gasteiger partial charge is 0.493 e. The topological polar surface area (TPSA) is 117 Å². The number of rotatable bonds is 6. The number of nitrogens with zero attached hydrogens (tertiary/aromatic N) is 1. The molecule has 0 unspecified atom stereocenters. The standard InChI is InChI=1S/C12H17N3O5.ClH/c1-7(6-13)14-12(16)8-4-10(19-2)11(20-3)5-9(8)15(17)18;/h4-5,7H,6,13H2,1-3H3,(H,14,16);1H/t7-;/m0./s1. The zero-order valence-corrected chi connectivity index (χ0v) is 12.7. The molecular formula is C12H18ClN3O5. The molecule has 0 radical (unpaired) electrons. The number of carbonyl (C=O) groups excluding carboxylic acids is 1. The van der Waals surface area contributed by atoms with Gasteiger partial charge in [-0.1, -0.05) is 0 Å². The smallest absolute Gasteiger partial charge is 0.286 e. The second-order valence-corrected chi connectivity index (χ2v) is 4.09. The van der Waals surface area contributed by atoms with E-state index in [0.717, 1.165) is 6.07 Å². The first-order valence-corrected chi connectivity index (χ1v) is 5.85. The predicted octanol–water partition coefficient (Wildman–Crippen LogP) is 1.11. The van der Waals surface area contributed by atoms with E-state index in [0.29, 0.717) is 0 Å². The summed E-state index contributed by atoms with van der Waals surface area (Å²) in [4.78, 5) is 22.4. The number of hydrogen-bond acceptors (Lipinski definition) is 6. The lowest BCUT2D eigenvalue weighted by atomic mass is 10.1. The van der Waals surface area contributed by atoms with Crippen LogP contribution in [-0.4, -0.2) is 37.6 Å². The quantitative estimate of drug-likeness (QED) is 0.599. The van der Waals surface area contributed by atoms with Crippen LogP contribution in [0.3, 0.4) is 0 Å². The van der Waals surface area contributed by atoms with E-state index in [1.54, 1.807) is 6.92 Å². The lowest BCUT2D eigenvalue weighted by Gasteiger charge is -2.13. The number of benzene rings is 1. The number of nitrogens with two attached hydrogens (primary N) is 1. The first-order chi connectivity index (χ1) is 9.44. The van der Waals surface area contributed by atoms with E-state index in [-0.39, 0.29) is 47.7 Å². The Kier molecular flexibility index (Phi) is 7.46. The molecule has 0 bridgehead atoms. The normalized spacial score (nSPS) is 11.0. The molecule has 21 heavy (non-hydrogen) atoms. The lowest BCUT2D eigenvalue weighted by Crippen LogP contribution is -2.38.